The maximum absolute atomic E-state index is 13.4. The van der Waals surface area contributed by atoms with Crippen LogP contribution in [-0.2, 0) is 6.42 Å². The quantitative estimate of drug-likeness (QED) is 0.642. The monoisotopic (exact) mass is 425 g/mol. The number of rotatable bonds is 2. The van der Waals surface area contributed by atoms with Crippen LogP contribution in [-0.4, -0.2) is 38.8 Å². The summed E-state index contributed by atoms with van der Waals surface area (Å²) in [6.07, 6.45) is 2.89. The highest BCUT2D eigenvalue weighted by molar-refractivity contribution is 6.30. The van der Waals surface area contributed by atoms with Gasteiger partial charge in [0.15, 0.2) is 5.82 Å². The number of hydrogen-bond acceptors (Lipinski definition) is 3. The van der Waals surface area contributed by atoms with Gasteiger partial charge in [-0.05, 0) is 61.2 Å². The molecule has 3 heterocycles. The van der Waals surface area contributed by atoms with Crippen molar-refractivity contribution in [3.63, 3.8) is 0 Å². The highest BCUT2D eigenvalue weighted by Gasteiger charge is 2.40. The molecule has 1 saturated heterocycles. The molecule has 6 nitrogen and oxygen atoms in total. The Labute approximate surface area is 178 Å². The summed E-state index contributed by atoms with van der Waals surface area (Å²) in [5.41, 5.74) is 1.51. The molecule has 0 unspecified atom stereocenters. The number of halogens is 2. The molecule has 1 fully saturated rings. The van der Waals surface area contributed by atoms with Crippen LogP contribution < -0.4 is 5.32 Å². The average molecular weight is 426 g/mol. The summed E-state index contributed by atoms with van der Waals surface area (Å²) in [4.78, 5) is 14.7. The van der Waals surface area contributed by atoms with Crippen LogP contribution in [0.1, 0.15) is 24.7 Å². The number of nitrogens with one attached hydrogen (secondary N) is 1. The Balaban J connectivity index is 1.41. The number of amides is 2. The molecule has 0 spiro atoms. The number of hydrogen-bond donors (Lipinski definition) is 1. The Kier molecular flexibility index (Phi) is 4.90. The zero-order chi connectivity index (χ0) is 20.7. The summed E-state index contributed by atoms with van der Waals surface area (Å²) in [6, 6.07) is 13.4. The van der Waals surface area contributed by atoms with Gasteiger partial charge in [-0.25, -0.2) is 9.18 Å². The van der Waals surface area contributed by atoms with Gasteiger partial charge in [-0.2, -0.15) is 0 Å². The highest BCUT2D eigenvalue weighted by Crippen LogP contribution is 2.38. The van der Waals surface area contributed by atoms with Crippen molar-refractivity contribution in [2.24, 2.45) is 5.92 Å². The van der Waals surface area contributed by atoms with E-state index in [1.165, 1.54) is 12.1 Å². The fourth-order valence-electron chi connectivity index (χ4n) is 4.53. The van der Waals surface area contributed by atoms with Gasteiger partial charge in [-0.15, -0.1) is 10.2 Å². The van der Waals surface area contributed by atoms with Crippen molar-refractivity contribution < 1.29 is 9.18 Å². The number of aromatic nitrogens is 3. The number of carbonyl (C=O) groups is 1. The first kappa shape index (κ1) is 19.1. The van der Waals surface area contributed by atoms with Gasteiger partial charge in [-0.1, -0.05) is 17.7 Å². The molecule has 0 bridgehead atoms. The summed E-state index contributed by atoms with van der Waals surface area (Å²) in [5.74, 6) is 1.71. The van der Waals surface area contributed by atoms with Crippen LogP contribution in [0.4, 0.5) is 14.9 Å². The zero-order valence-corrected chi connectivity index (χ0v) is 17.0. The van der Waals surface area contributed by atoms with Crippen molar-refractivity contribution in [1.82, 2.24) is 19.7 Å². The van der Waals surface area contributed by atoms with E-state index in [1.54, 1.807) is 24.3 Å². The van der Waals surface area contributed by atoms with Crippen LogP contribution in [0.25, 0.3) is 11.4 Å². The Bertz CT molecular complexity index is 1080. The zero-order valence-electron chi connectivity index (χ0n) is 16.3. The summed E-state index contributed by atoms with van der Waals surface area (Å²) >= 11 is 6.03. The molecule has 5 rings (SSSR count). The van der Waals surface area contributed by atoms with Gasteiger partial charge < -0.3 is 14.8 Å². The van der Waals surface area contributed by atoms with E-state index in [0.717, 1.165) is 36.5 Å². The van der Waals surface area contributed by atoms with E-state index in [-0.39, 0.29) is 17.9 Å². The van der Waals surface area contributed by atoms with Gasteiger partial charge in [-0.3, -0.25) is 0 Å². The highest BCUT2D eigenvalue weighted by atomic mass is 35.5. The summed E-state index contributed by atoms with van der Waals surface area (Å²) < 4.78 is 15.6. The molecule has 2 amide bonds. The van der Waals surface area contributed by atoms with Gasteiger partial charge >= 0.3 is 6.03 Å². The average Bonchev–Trinajstić information content (AvgIpc) is 3.29. The molecule has 0 radical (unpaired) electrons. The molecule has 0 saturated carbocycles. The Morgan fingerprint density at radius 1 is 1.13 bits per heavy atom. The van der Waals surface area contributed by atoms with E-state index in [1.807, 2.05) is 17.0 Å². The molecule has 0 aliphatic carbocycles. The molecular weight excluding hydrogens is 405 g/mol. The third kappa shape index (κ3) is 3.54. The van der Waals surface area contributed by atoms with Crippen LogP contribution >= 0.6 is 11.6 Å². The SMILES string of the molecule is O=C(Nc1cccc(Cl)c1)N1C[C@H]2CCCc3nnc(-c4ccc(F)cc4)n3[C@H]2C1. The molecule has 2 aliphatic rings. The number of likely N-dealkylation sites (tertiary alicyclic amines) is 1. The minimum atomic E-state index is -0.281. The smallest absolute Gasteiger partial charge is 0.321 e. The van der Waals surface area contributed by atoms with E-state index in [0.29, 0.717) is 29.7 Å². The van der Waals surface area contributed by atoms with Gasteiger partial charge in [0.25, 0.3) is 0 Å². The summed E-state index contributed by atoms with van der Waals surface area (Å²) in [6.45, 7) is 1.26. The number of anilines is 1. The maximum atomic E-state index is 13.4. The predicted molar refractivity (Wildman–Crippen MR) is 113 cm³/mol. The lowest BCUT2D eigenvalue weighted by Crippen LogP contribution is -2.33. The molecule has 154 valence electrons. The van der Waals surface area contributed by atoms with Gasteiger partial charge in [0.1, 0.15) is 11.6 Å². The van der Waals surface area contributed by atoms with Crippen molar-refractivity contribution in [1.29, 1.82) is 0 Å². The van der Waals surface area contributed by atoms with E-state index in [9.17, 15) is 9.18 Å². The number of aryl methyl sites for hydroxylation is 1. The number of urea groups is 1. The molecule has 2 aliphatic heterocycles. The van der Waals surface area contributed by atoms with Gasteiger partial charge in [0, 0.05) is 35.8 Å². The first-order valence-electron chi connectivity index (χ1n) is 10.1. The van der Waals surface area contributed by atoms with Gasteiger partial charge in [0.2, 0.25) is 0 Å². The standard InChI is InChI=1S/C22H21ClFN5O/c23-16-4-2-5-18(11-16)25-22(30)28-12-15-3-1-6-20-26-27-21(29(20)19(15)13-28)14-7-9-17(24)10-8-14/h2,4-5,7-11,15,19H,1,3,6,12-13H2,(H,25,30)/t15-,19+/m1/s1. The second-order valence-corrected chi connectivity index (χ2v) is 8.32. The molecule has 1 N–H and O–H groups in total. The minimum Gasteiger partial charge on any atom is -0.322 e. The summed E-state index contributed by atoms with van der Waals surface area (Å²) in [5, 5.41) is 12.3. The largest absolute Gasteiger partial charge is 0.322 e. The number of benzene rings is 2. The van der Waals surface area contributed by atoms with Crippen LogP contribution in [0.2, 0.25) is 5.02 Å². The van der Waals surface area contributed by atoms with E-state index in [2.05, 4.69) is 20.1 Å². The molecule has 1 aromatic heterocycles. The Hall–Kier alpha value is -2.93. The number of nitrogens with zero attached hydrogens (tertiary/aromatic N) is 4. The van der Waals surface area contributed by atoms with Crippen molar-refractivity contribution in [2.75, 3.05) is 18.4 Å². The lowest BCUT2D eigenvalue weighted by atomic mass is 9.98. The number of fused-ring (bicyclic) bond motifs is 3. The predicted octanol–water partition coefficient (Wildman–Crippen LogP) is 4.78. The van der Waals surface area contributed by atoms with E-state index in [4.69, 9.17) is 11.6 Å². The first-order valence-corrected chi connectivity index (χ1v) is 10.5. The molecule has 3 aromatic rings. The Morgan fingerprint density at radius 2 is 1.97 bits per heavy atom. The fraction of sp³-hybridized carbons (Fsp3) is 0.318. The lowest BCUT2D eigenvalue weighted by Gasteiger charge is -2.20. The van der Waals surface area contributed by atoms with E-state index < -0.39 is 0 Å². The van der Waals surface area contributed by atoms with Crippen molar-refractivity contribution >= 4 is 23.3 Å². The van der Waals surface area contributed by atoms with Crippen molar-refractivity contribution in [2.45, 2.75) is 25.3 Å². The normalized spacial score (nSPS) is 20.4. The van der Waals surface area contributed by atoms with Crippen LogP contribution in [0, 0.1) is 11.7 Å². The van der Waals surface area contributed by atoms with Crippen molar-refractivity contribution in [3.05, 3.63) is 65.2 Å². The molecule has 2 atom stereocenters. The van der Waals surface area contributed by atoms with Crippen LogP contribution in [0.3, 0.4) is 0 Å². The topological polar surface area (TPSA) is 63.1 Å². The molecule has 2 aromatic carbocycles. The van der Waals surface area contributed by atoms with E-state index >= 15 is 0 Å². The maximum Gasteiger partial charge on any atom is 0.321 e. The molecule has 30 heavy (non-hydrogen) atoms. The second kappa shape index (κ2) is 7.72. The van der Waals surface area contributed by atoms with Crippen LogP contribution in [0.15, 0.2) is 48.5 Å². The minimum absolute atomic E-state index is 0.0997. The van der Waals surface area contributed by atoms with Crippen LogP contribution in [0.5, 0.6) is 0 Å². The Morgan fingerprint density at radius 3 is 2.77 bits per heavy atom. The third-order valence-corrected chi connectivity index (χ3v) is 6.18. The van der Waals surface area contributed by atoms with Crippen molar-refractivity contribution in [3.8, 4) is 11.4 Å². The number of carbonyl (C=O) groups excluding carboxylic acids is 1. The first-order chi connectivity index (χ1) is 14.6. The summed E-state index contributed by atoms with van der Waals surface area (Å²) in [7, 11) is 0. The molecule has 8 heteroatoms. The fourth-order valence-corrected chi connectivity index (χ4v) is 4.72. The second-order valence-electron chi connectivity index (χ2n) is 7.88. The lowest BCUT2D eigenvalue weighted by molar-refractivity contribution is 0.219. The molecular formula is C22H21ClFN5O. The third-order valence-electron chi connectivity index (χ3n) is 5.95. The van der Waals surface area contributed by atoms with Gasteiger partial charge in [0.05, 0.1) is 6.04 Å².